The van der Waals surface area contributed by atoms with Crippen LogP contribution in [0.5, 0.6) is 0 Å². The Bertz CT molecular complexity index is 1730. The molecule has 7 rings (SSSR count). The monoisotopic (exact) mass is 476 g/mol. The molecule has 6 aromatic carbocycles. The van der Waals surface area contributed by atoms with Crippen molar-refractivity contribution in [1.29, 1.82) is 0 Å². The highest BCUT2D eigenvalue weighted by Gasteiger charge is 2.22. The third kappa shape index (κ3) is 4.16. The van der Waals surface area contributed by atoms with Crippen LogP contribution in [0.1, 0.15) is 11.5 Å². The minimum Gasteiger partial charge on any atom is -0.355 e. The molecule has 0 aliphatic carbocycles. The molecule has 1 aliphatic heterocycles. The summed E-state index contributed by atoms with van der Waals surface area (Å²) >= 11 is 0. The fraction of sp³-hybridized carbons (Fsp3) is 0.0857. The molecule has 0 aromatic heterocycles. The number of anilines is 2. The Balaban J connectivity index is 1.28. The molecule has 2 nitrogen and oxygen atoms in total. The largest absolute Gasteiger partial charge is 0.355 e. The van der Waals surface area contributed by atoms with E-state index in [4.69, 9.17) is 0 Å². The molecule has 1 heterocycles. The van der Waals surface area contributed by atoms with E-state index in [1.165, 1.54) is 49.4 Å². The summed E-state index contributed by atoms with van der Waals surface area (Å²) in [5.41, 5.74) is 8.56. The molecule has 0 saturated carbocycles. The average Bonchev–Trinajstić information content (AvgIpc) is 2.93. The molecule has 0 spiro atoms. The van der Waals surface area contributed by atoms with Crippen molar-refractivity contribution in [2.24, 2.45) is 0 Å². The molecule has 0 radical (unpaired) electrons. The normalized spacial score (nSPS) is 13.5. The summed E-state index contributed by atoms with van der Waals surface area (Å²) in [4.78, 5) is 0. The van der Waals surface area contributed by atoms with Gasteiger partial charge in [0.25, 0.3) is 0 Å². The van der Waals surface area contributed by atoms with Gasteiger partial charge >= 0.3 is 0 Å². The second kappa shape index (κ2) is 9.24. The second-order valence-electron chi connectivity index (χ2n) is 9.96. The molecular formula is C35H28N2. The molecule has 37 heavy (non-hydrogen) atoms. The fourth-order valence-corrected chi connectivity index (χ4v) is 5.52. The predicted octanol–water partition coefficient (Wildman–Crippen LogP) is 8.76. The minimum atomic E-state index is 0.553. The van der Waals surface area contributed by atoms with Crippen LogP contribution in [0.2, 0.25) is 0 Å². The van der Waals surface area contributed by atoms with Crippen LogP contribution >= 0.6 is 0 Å². The molecule has 2 heteroatoms. The van der Waals surface area contributed by atoms with Crippen molar-refractivity contribution < 1.29 is 0 Å². The number of rotatable bonds is 5. The van der Waals surface area contributed by atoms with E-state index in [-0.39, 0.29) is 0 Å². The van der Waals surface area contributed by atoms with E-state index in [0.717, 1.165) is 24.5 Å². The molecule has 1 saturated heterocycles. The fourth-order valence-electron chi connectivity index (χ4n) is 5.52. The van der Waals surface area contributed by atoms with Crippen LogP contribution in [0.15, 0.2) is 127 Å². The van der Waals surface area contributed by atoms with Gasteiger partial charge in [-0.05, 0) is 79.7 Å². The lowest BCUT2D eigenvalue weighted by Gasteiger charge is -2.29. The van der Waals surface area contributed by atoms with Crippen molar-refractivity contribution in [1.82, 2.24) is 5.32 Å². The maximum Gasteiger partial charge on any atom is 0.0393 e. The van der Waals surface area contributed by atoms with Crippen molar-refractivity contribution >= 4 is 32.9 Å². The topological polar surface area (TPSA) is 24.1 Å². The zero-order chi connectivity index (χ0) is 24.6. The number of hydrogen-bond donors (Lipinski definition) is 2. The van der Waals surface area contributed by atoms with Gasteiger partial charge in [0.2, 0.25) is 0 Å². The van der Waals surface area contributed by atoms with Gasteiger partial charge in [-0.25, -0.2) is 0 Å². The van der Waals surface area contributed by atoms with Gasteiger partial charge in [0.05, 0.1) is 0 Å². The van der Waals surface area contributed by atoms with Gasteiger partial charge in [-0.1, -0.05) is 97.1 Å². The first-order chi connectivity index (χ1) is 18.3. The Hall–Kier alpha value is -4.40. The van der Waals surface area contributed by atoms with E-state index in [0.29, 0.717) is 5.92 Å². The van der Waals surface area contributed by atoms with Crippen LogP contribution < -0.4 is 10.6 Å². The lowest BCUT2D eigenvalue weighted by atomic mass is 9.87. The Morgan fingerprint density at radius 1 is 0.486 bits per heavy atom. The first kappa shape index (κ1) is 21.8. The van der Waals surface area contributed by atoms with Crippen LogP contribution in [-0.4, -0.2) is 13.1 Å². The van der Waals surface area contributed by atoms with Gasteiger partial charge < -0.3 is 10.6 Å². The minimum absolute atomic E-state index is 0.553. The van der Waals surface area contributed by atoms with E-state index in [2.05, 4.69) is 138 Å². The molecule has 6 aromatic rings. The van der Waals surface area contributed by atoms with E-state index < -0.39 is 0 Å². The summed E-state index contributed by atoms with van der Waals surface area (Å²) in [5, 5.41) is 12.5. The Labute approximate surface area is 217 Å². The van der Waals surface area contributed by atoms with Crippen molar-refractivity contribution in [3.8, 4) is 22.3 Å². The third-order valence-electron chi connectivity index (χ3n) is 7.57. The van der Waals surface area contributed by atoms with E-state index in [1.807, 2.05) is 0 Å². The highest BCUT2D eigenvalue weighted by atomic mass is 14.9. The van der Waals surface area contributed by atoms with Crippen LogP contribution in [0, 0.1) is 0 Å². The van der Waals surface area contributed by atoms with E-state index in [1.54, 1.807) is 0 Å². The molecule has 178 valence electrons. The molecule has 0 amide bonds. The van der Waals surface area contributed by atoms with Crippen LogP contribution in [0.3, 0.4) is 0 Å². The number of hydrogen-bond acceptors (Lipinski definition) is 2. The maximum absolute atomic E-state index is 3.74. The number of fused-ring (bicyclic) bond motifs is 3. The third-order valence-corrected chi connectivity index (χ3v) is 7.57. The summed E-state index contributed by atoms with van der Waals surface area (Å²) in [6, 6.07) is 46.0. The molecule has 1 aliphatic rings. The SMILES string of the molecule is c1ccc(-c2cccc(-c3cccc(Nc4cc(C5CNC5)c5ccc6ccccc6c5c4)c3)c2)cc1. The van der Waals surface area contributed by atoms with Gasteiger partial charge in [0.15, 0.2) is 0 Å². The zero-order valence-corrected chi connectivity index (χ0v) is 20.6. The smallest absolute Gasteiger partial charge is 0.0393 e. The molecular weight excluding hydrogens is 448 g/mol. The lowest BCUT2D eigenvalue weighted by Crippen LogP contribution is -2.39. The van der Waals surface area contributed by atoms with Crippen molar-refractivity contribution in [3.63, 3.8) is 0 Å². The predicted molar refractivity (Wildman–Crippen MR) is 158 cm³/mol. The number of nitrogens with one attached hydrogen (secondary N) is 2. The van der Waals surface area contributed by atoms with Gasteiger partial charge in [-0.2, -0.15) is 0 Å². The highest BCUT2D eigenvalue weighted by Crippen LogP contribution is 2.37. The lowest BCUT2D eigenvalue weighted by molar-refractivity contribution is 0.451. The van der Waals surface area contributed by atoms with E-state index >= 15 is 0 Å². The van der Waals surface area contributed by atoms with Crippen molar-refractivity contribution in [3.05, 3.63) is 133 Å². The first-order valence-electron chi connectivity index (χ1n) is 13.0. The summed E-state index contributed by atoms with van der Waals surface area (Å²) in [7, 11) is 0. The van der Waals surface area contributed by atoms with Crippen LogP contribution in [-0.2, 0) is 0 Å². The summed E-state index contributed by atoms with van der Waals surface area (Å²) in [5.74, 6) is 0.553. The Morgan fingerprint density at radius 3 is 2.00 bits per heavy atom. The highest BCUT2D eigenvalue weighted by molar-refractivity contribution is 6.10. The maximum atomic E-state index is 3.74. The molecule has 1 fully saturated rings. The molecule has 2 N–H and O–H groups in total. The molecule has 0 atom stereocenters. The number of benzene rings is 6. The second-order valence-corrected chi connectivity index (χ2v) is 9.96. The average molecular weight is 477 g/mol. The quantitative estimate of drug-likeness (QED) is 0.243. The van der Waals surface area contributed by atoms with Crippen molar-refractivity contribution in [2.75, 3.05) is 18.4 Å². The summed E-state index contributed by atoms with van der Waals surface area (Å²) in [6.45, 7) is 2.08. The van der Waals surface area contributed by atoms with Gasteiger partial charge in [-0.3, -0.25) is 0 Å². The van der Waals surface area contributed by atoms with Gasteiger partial charge in [0.1, 0.15) is 0 Å². The van der Waals surface area contributed by atoms with Crippen LogP contribution in [0.4, 0.5) is 11.4 Å². The Kier molecular flexibility index (Phi) is 5.45. The van der Waals surface area contributed by atoms with Gasteiger partial charge in [-0.15, -0.1) is 0 Å². The first-order valence-corrected chi connectivity index (χ1v) is 13.0. The molecule has 0 bridgehead atoms. The molecule has 0 unspecified atom stereocenters. The van der Waals surface area contributed by atoms with Crippen LogP contribution in [0.25, 0.3) is 43.8 Å². The van der Waals surface area contributed by atoms with Gasteiger partial charge in [0, 0.05) is 30.4 Å². The van der Waals surface area contributed by atoms with E-state index in [9.17, 15) is 0 Å². The summed E-state index contributed by atoms with van der Waals surface area (Å²) in [6.07, 6.45) is 0. The standard InChI is InChI=1S/C35H28N2/c1-2-8-24(9-3-1)26-11-6-12-27(18-26)28-13-7-14-30(19-28)37-31-20-34(29-22-36-23-29)33-17-16-25-10-4-5-15-32(25)35(33)21-31/h1-21,29,36-37H,22-23H2. The zero-order valence-electron chi connectivity index (χ0n) is 20.6. The summed E-state index contributed by atoms with van der Waals surface area (Å²) < 4.78 is 0. The Morgan fingerprint density at radius 2 is 1.19 bits per heavy atom. The van der Waals surface area contributed by atoms with Crippen molar-refractivity contribution in [2.45, 2.75) is 5.92 Å².